The second kappa shape index (κ2) is 9.14. The third-order valence-corrected chi connectivity index (χ3v) is 4.49. The van der Waals surface area contributed by atoms with E-state index in [1.54, 1.807) is 7.11 Å². The molecule has 1 aliphatic rings. The molecule has 1 rings (SSSR count). The van der Waals surface area contributed by atoms with E-state index in [-0.39, 0.29) is 11.0 Å². The second-order valence-corrected chi connectivity index (χ2v) is 7.29. The summed E-state index contributed by atoms with van der Waals surface area (Å²) in [5.74, 6) is 0. The molecule has 0 aromatic carbocycles. The van der Waals surface area contributed by atoms with Gasteiger partial charge in [-0.1, -0.05) is 38.7 Å². The summed E-state index contributed by atoms with van der Waals surface area (Å²) in [7, 11) is 3.67. The Balaban J connectivity index is 0.000000640. The average molecular weight is 334 g/mol. The van der Waals surface area contributed by atoms with E-state index in [0.29, 0.717) is 5.57 Å². The molecule has 3 nitrogen and oxygen atoms in total. The number of carbonyl (C=O) groups is 1. The van der Waals surface area contributed by atoms with Gasteiger partial charge in [0.05, 0.1) is 5.60 Å². The minimum atomic E-state index is 0.0484. The van der Waals surface area contributed by atoms with Crippen molar-refractivity contribution in [3.05, 3.63) is 47.1 Å². The first kappa shape index (κ1) is 22.6. The van der Waals surface area contributed by atoms with E-state index in [1.165, 1.54) is 5.57 Å². The Morgan fingerprint density at radius 2 is 1.88 bits per heavy atom. The zero-order valence-electron chi connectivity index (χ0n) is 16.8. The highest BCUT2D eigenvalue weighted by Gasteiger charge is 2.41. The van der Waals surface area contributed by atoms with E-state index >= 15 is 0 Å². The van der Waals surface area contributed by atoms with Crippen LogP contribution >= 0.6 is 0 Å². The first-order valence-corrected chi connectivity index (χ1v) is 8.44. The monoisotopic (exact) mass is 333 g/mol. The standard InChI is InChI=1S/C15H21NO.C6H14O/c1-10(2)12(8-17)14(11(3)4)13-7-15(13,5)9-16-6;1-5-6(2,3)7-4/h7-8,16H,1,3,9H2,2,4-6H3;5H2,1-4H3/b14-12+;. The van der Waals surface area contributed by atoms with Gasteiger partial charge in [-0.05, 0) is 57.9 Å². The molecule has 136 valence electrons. The van der Waals surface area contributed by atoms with Gasteiger partial charge in [0, 0.05) is 24.6 Å². The number of rotatable bonds is 8. The molecule has 3 heteroatoms. The van der Waals surface area contributed by atoms with Crippen LogP contribution in [0, 0.1) is 5.41 Å². The summed E-state index contributed by atoms with van der Waals surface area (Å²) in [6.45, 7) is 20.9. The van der Waals surface area contributed by atoms with Gasteiger partial charge in [-0.15, -0.1) is 0 Å². The first-order chi connectivity index (χ1) is 11.0. The predicted molar refractivity (Wildman–Crippen MR) is 104 cm³/mol. The number of allylic oxidation sites excluding steroid dienone is 4. The fourth-order valence-corrected chi connectivity index (χ4v) is 2.28. The highest BCUT2D eigenvalue weighted by molar-refractivity contribution is 5.85. The Bertz CT molecular complexity index is 546. The molecule has 0 saturated carbocycles. The SMILES string of the molecule is C=C(C)/C(C=O)=C(\C(=C)C)C1=CC1(C)CNC.CCC(C)(C)OC. The van der Waals surface area contributed by atoms with Crippen LogP contribution in [0.5, 0.6) is 0 Å². The Labute approximate surface area is 148 Å². The van der Waals surface area contributed by atoms with Crippen molar-refractivity contribution >= 4 is 6.29 Å². The van der Waals surface area contributed by atoms with Crippen LogP contribution in [0.1, 0.15) is 48.0 Å². The van der Waals surface area contributed by atoms with Crippen molar-refractivity contribution in [3.8, 4) is 0 Å². The molecule has 0 fully saturated rings. The second-order valence-electron chi connectivity index (χ2n) is 7.29. The van der Waals surface area contributed by atoms with Crippen molar-refractivity contribution in [2.24, 2.45) is 5.41 Å². The van der Waals surface area contributed by atoms with Crippen LogP contribution in [0.3, 0.4) is 0 Å². The van der Waals surface area contributed by atoms with E-state index in [2.05, 4.69) is 52.2 Å². The highest BCUT2D eigenvalue weighted by Crippen LogP contribution is 2.50. The van der Waals surface area contributed by atoms with E-state index in [0.717, 1.165) is 36.0 Å². The summed E-state index contributed by atoms with van der Waals surface area (Å²) < 4.78 is 5.09. The molecule has 0 aromatic rings. The molecular weight excluding hydrogens is 298 g/mol. The molecule has 24 heavy (non-hydrogen) atoms. The molecule has 0 aromatic heterocycles. The van der Waals surface area contributed by atoms with Gasteiger partial charge in [0.25, 0.3) is 0 Å². The molecule has 0 bridgehead atoms. The van der Waals surface area contributed by atoms with Gasteiger partial charge in [0.2, 0.25) is 0 Å². The van der Waals surface area contributed by atoms with E-state index in [9.17, 15) is 4.79 Å². The number of ether oxygens (including phenoxy) is 1. The van der Waals surface area contributed by atoms with Crippen molar-refractivity contribution in [3.63, 3.8) is 0 Å². The third kappa shape index (κ3) is 6.21. The van der Waals surface area contributed by atoms with Crippen molar-refractivity contribution in [1.82, 2.24) is 5.32 Å². The van der Waals surface area contributed by atoms with Crippen LogP contribution in [0.25, 0.3) is 0 Å². The lowest BCUT2D eigenvalue weighted by Crippen LogP contribution is -2.20. The summed E-state index contributed by atoms with van der Waals surface area (Å²) in [5.41, 5.74) is 4.67. The van der Waals surface area contributed by atoms with E-state index in [1.807, 2.05) is 20.9 Å². The lowest BCUT2D eigenvalue weighted by Gasteiger charge is -2.19. The lowest BCUT2D eigenvalue weighted by molar-refractivity contribution is -0.104. The Hall–Kier alpha value is -1.45. The molecule has 0 spiro atoms. The zero-order valence-corrected chi connectivity index (χ0v) is 16.8. The topological polar surface area (TPSA) is 38.3 Å². The number of carbonyl (C=O) groups excluding carboxylic acids is 1. The molecule has 1 N–H and O–H groups in total. The number of nitrogens with one attached hydrogen (secondary N) is 1. The van der Waals surface area contributed by atoms with E-state index in [4.69, 9.17) is 4.74 Å². The number of hydrogen-bond acceptors (Lipinski definition) is 3. The molecule has 0 saturated heterocycles. The summed E-state index contributed by atoms with van der Waals surface area (Å²) in [4.78, 5) is 11.2. The number of aldehydes is 1. The van der Waals surface area contributed by atoms with Crippen molar-refractivity contribution in [1.29, 1.82) is 0 Å². The Kier molecular flexibility index (Phi) is 8.59. The van der Waals surface area contributed by atoms with Gasteiger partial charge >= 0.3 is 0 Å². The van der Waals surface area contributed by atoms with Crippen LogP contribution in [-0.2, 0) is 9.53 Å². The largest absolute Gasteiger partial charge is 0.379 e. The Morgan fingerprint density at radius 3 is 2.12 bits per heavy atom. The average Bonchev–Trinajstić information content (AvgIpc) is 3.15. The van der Waals surface area contributed by atoms with Gasteiger partial charge in [0.1, 0.15) is 0 Å². The summed E-state index contributed by atoms with van der Waals surface area (Å²) >= 11 is 0. The van der Waals surface area contributed by atoms with Crippen LogP contribution in [-0.4, -0.2) is 32.6 Å². The fraction of sp³-hybridized carbons (Fsp3) is 0.571. The molecule has 0 amide bonds. The van der Waals surface area contributed by atoms with Crippen molar-refractivity contribution in [2.45, 2.75) is 53.6 Å². The molecule has 1 atom stereocenters. The normalized spacial score (nSPS) is 20.2. The molecule has 0 radical (unpaired) electrons. The lowest BCUT2D eigenvalue weighted by atomic mass is 9.90. The number of hydrogen-bond donors (Lipinski definition) is 1. The van der Waals surface area contributed by atoms with Crippen LogP contribution in [0.15, 0.2) is 47.1 Å². The van der Waals surface area contributed by atoms with Crippen LogP contribution < -0.4 is 5.32 Å². The predicted octanol–water partition coefficient (Wildman–Crippen LogP) is 4.62. The van der Waals surface area contributed by atoms with Gasteiger partial charge in [-0.25, -0.2) is 0 Å². The maximum Gasteiger partial charge on any atom is 0.150 e. The Morgan fingerprint density at radius 1 is 1.33 bits per heavy atom. The summed E-state index contributed by atoms with van der Waals surface area (Å²) in [6.07, 6.45) is 4.13. The minimum absolute atomic E-state index is 0.0484. The maximum absolute atomic E-state index is 11.2. The van der Waals surface area contributed by atoms with E-state index < -0.39 is 0 Å². The maximum atomic E-state index is 11.2. The third-order valence-electron chi connectivity index (χ3n) is 4.49. The minimum Gasteiger partial charge on any atom is -0.379 e. The molecule has 0 heterocycles. The van der Waals surface area contributed by atoms with Crippen LogP contribution in [0.4, 0.5) is 0 Å². The number of methoxy groups -OCH3 is 1. The summed E-state index contributed by atoms with van der Waals surface area (Å²) in [6, 6.07) is 0. The molecule has 1 aliphatic carbocycles. The first-order valence-electron chi connectivity index (χ1n) is 8.44. The molecular formula is C21H35NO2. The van der Waals surface area contributed by atoms with Gasteiger partial charge in [-0.2, -0.15) is 0 Å². The van der Waals surface area contributed by atoms with Crippen molar-refractivity contribution in [2.75, 3.05) is 20.7 Å². The fourth-order valence-electron chi connectivity index (χ4n) is 2.28. The smallest absolute Gasteiger partial charge is 0.150 e. The van der Waals surface area contributed by atoms with Gasteiger partial charge in [0.15, 0.2) is 6.29 Å². The zero-order chi connectivity index (χ0) is 19.1. The van der Waals surface area contributed by atoms with Gasteiger partial charge < -0.3 is 10.1 Å². The summed E-state index contributed by atoms with van der Waals surface area (Å²) in [5, 5.41) is 3.17. The van der Waals surface area contributed by atoms with Crippen LogP contribution in [0.2, 0.25) is 0 Å². The molecule has 0 aliphatic heterocycles. The van der Waals surface area contributed by atoms with Gasteiger partial charge in [-0.3, -0.25) is 4.79 Å². The quantitative estimate of drug-likeness (QED) is 0.400. The van der Waals surface area contributed by atoms with Crippen molar-refractivity contribution < 1.29 is 9.53 Å². The molecule has 1 unspecified atom stereocenters. The highest BCUT2D eigenvalue weighted by atomic mass is 16.5.